The summed E-state index contributed by atoms with van der Waals surface area (Å²) in [5.41, 5.74) is 1.47. The highest BCUT2D eigenvalue weighted by Crippen LogP contribution is 2.30. The van der Waals surface area contributed by atoms with Crippen molar-refractivity contribution in [2.75, 3.05) is 26.6 Å². The molecule has 1 heterocycles. The molecule has 0 unspecified atom stereocenters. The van der Waals surface area contributed by atoms with Crippen molar-refractivity contribution in [3.05, 3.63) is 35.1 Å². The van der Waals surface area contributed by atoms with E-state index in [1.165, 1.54) is 6.33 Å². The van der Waals surface area contributed by atoms with Gasteiger partial charge >= 0.3 is 0 Å². The van der Waals surface area contributed by atoms with Gasteiger partial charge in [0.25, 0.3) is 0 Å². The summed E-state index contributed by atoms with van der Waals surface area (Å²) in [4.78, 5) is 8.14. The number of benzene rings is 1. The predicted molar refractivity (Wildman–Crippen MR) is 80.5 cm³/mol. The van der Waals surface area contributed by atoms with Crippen LogP contribution in [0.3, 0.4) is 0 Å². The summed E-state index contributed by atoms with van der Waals surface area (Å²) in [5.74, 6) is 1.60. The van der Waals surface area contributed by atoms with Crippen LogP contribution >= 0.6 is 11.6 Å². The van der Waals surface area contributed by atoms with Gasteiger partial charge in [0.15, 0.2) is 0 Å². The van der Waals surface area contributed by atoms with Crippen molar-refractivity contribution < 1.29 is 14.2 Å². The molecule has 0 bridgehead atoms. The first-order valence-electron chi connectivity index (χ1n) is 6.18. The van der Waals surface area contributed by atoms with Gasteiger partial charge in [0.2, 0.25) is 11.8 Å². The molecule has 0 spiro atoms. The lowest BCUT2D eigenvalue weighted by atomic mass is 10.2. The van der Waals surface area contributed by atoms with Crippen molar-refractivity contribution in [1.29, 1.82) is 0 Å². The van der Waals surface area contributed by atoms with E-state index in [0.29, 0.717) is 34.6 Å². The highest BCUT2D eigenvalue weighted by Gasteiger charge is 2.13. The second-order valence-corrected chi connectivity index (χ2v) is 4.51. The lowest BCUT2D eigenvalue weighted by molar-refractivity contribution is 0.363. The van der Waals surface area contributed by atoms with Crippen molar-refractivity contribution in [3.8, 4) is 17.5 Å². The number of anilines is 1. The minimum Gasteiger partial charge on any atom is -0.495 e. The Kier molecular flexibility index (Phi) is 5.05. The number of halogens is 1. The molecule has 2 aromatic rings. The maximum atomic E-state index is 6.00. The van der Waals surface area contributed by atoms with Crippen LogP contribution in [0.25, 0.3) is 0 Å². The molecule has 0 aliphatic rings. The van der Waals surface area contributed by atoms with Crippen molar-refractivity contribution in [3.63, 3.8) is 0 Å². The molecule has 0 radical (unpaired) electrons. The average molecular weight is 310 g/mol. The van der Waals surface area contributed by atoms with Gasteiger partial charge in [0.1, 0.15) is 12.1 Å². The molecule has 2 rings (SSSR count). The maximum absolute atomic E-state index is 6.00. The monoisotopic (exact) mass is 309 g/mol. The van der Waals surface area contributed by atoms with Crippen LogP contribution in [0.4, 0.5) is 5.69 Å². The summed E-state index contributed by atoms with van der Waals surface area (Å²) in [6.07, 6.45) is 1.39. The Morgan fingerprint density at radius 1 is 1.05 bits per heavy atom. The second-order valence-electron chi connectivity index (χ2n) is 4.07. The Hall–Kier alpha value is -2.21. The number of aromatic nitrogens is 2. The largest absolute Gasteiger partial charge is 0.495 e. The molecule has 0 aliphatic carbocycles. The Bertz CT molecular complexity index is 600. The first kappa shape index (κ1) is 15.2. The molecular formula is C14H16ClN3O3. The van der Waals surface area contributed by atoms with Crippen LogP contribution in [-0.4, -0.2) is 31.3 Å². The Balaban J connectivity index is 2.26. The molecule has 112 valence electrons. The number of hydrogen-bond donors (Lipinski definition) is 1. The molecule has 1 N–H and O–H groups in total. The summed E-state index contributed by atoms with van der Waals surface area (Å²) in [6, 6.07) is 5.34. The minimum absolute atomic E-state index is 0.407. The van der Waals surface area contributed by atoms with Crippen LogP contribution < -0.4 is 19.5 Å². The number of nitrogens with one attached hydrogen (secondary N) is 1. The van der Waals surface area contributed by atoms with E-state index in [2.05, 4.69) is 15.3 Å². The van der Waals surface area contributed by atoms with Gasteiger partial charge in [-0.15, -0.1) is 0 Å². The van der Waals surface area contributed by atoms with Gasteiger partial charge in [-0.3, -0.25) is 0 Å². The first-order valence-corrected chi connectivity index (χ1v) is 6.56. The van der Waals surface area contributed by atoms with E-state index in [-0.39, 0.29) is 0 Å². The number of rotatable bonds is 6. The molecule has 0 saturated carbocycles. The Morgan fingerprint density at radius 3 is 2.29 bits per heavy atom. The highest BCUT2D eigenvalue weighted by atomic mass is 35.5. The molecule has 7 heteroatoms. The van der Waals surface area contributed by atoms with Crippen LogP contribution in [0, 0.1) is 0 Å². The third-order valence-corrected chi connectivity index (χ3v) is 3.11. The summed E-state index contributed by atoms with van der Waals surface area (Å²) in [5, 5.41) is 3.83. The van der Waals surface area contributed by atoms with Gasteiger partial charge in [-0.05, 0) is 18.2 Å². The SMILES string of the molecule is COc1ccc(Cl)cc1NCc1c(OC)ncnc1OC. The molecule has 0 aliphatic heterocycles. The van der Waals surface area contributed by atoms with Crippen molar-refractivity contribution in [2.24, 2.45) is 0 Å². The number of hydrogen-bond acceptors (Lipinski definition) is 6. The topological polar surface area (TPSA) is 65.5 Å². The van der Waals surface area contributed by atoms with Gasteiger partial charge in [0, 0.05) is 5.02 Å². The lowest BCUT2D eigenvalue weighted by Crippen LogP contribution is -2.07. The van der Waals surface area contributed by atoms with E-state index in [9.17, 15) is 0 Å². The van der Waals surface area contributed by atoms with Crippen LogP contribution in [0.15, 0.2) is 24.5 Å². The number of ether oxygens (including phenoxy) is 3. The zero-order valence-electron chi connectivity index (χ0n) is 12.0. The number of nitrogens with zero attached hydrogens (tertiary/aromatic N) is 2. The third kappa shape index (κ3) is 3.46. The highest BCUT2D eigenvalue weighted by molar-refractivity contribution is 6.30. The molecule has 21 heavy (non-hydrogen) atoms. The van der Waals surface area contributed by atoms with Crippen LogP contribution in [-0.2, 0) is 6.54 Å². The minimum atomic E-state index is 0.407. The normalized spacial score (nSPS) is 10.1. The van der Waals surface area contributed by atoms with Gasteiger partial charge in [-0.25, -0.2) is 9.97 Å². The van der Waals surface area contributed by atoms with E-state index in [1.54, 1.807) is 39.5 Å². The van der Waals surface area contributed by atoms with E-state index in [0.717, 1.165) is 5.69 Å². The molecule has 0 saturated heterocycles. The van der Waals surface area contributed by atoms with Crippen molar-refractivity contribution >= 4 is 17.3 Å². The van der Waals surface area contributed by atoms with E-state index >= 15 is 0 Å². The third-order valence-electron chi connectivity index (χ3n) is 2.87. The predicted octanol–water partition coefficient (Wildman–Crippen LogP) is 2.77. The zero-order chi connectivity index (χ0) is 15.2. The fraction of sp³-hybridized carbons (Fsp3) is 0.286. The fourth-order valence-corrected chi connectivity index (χ4v) is 2.06. The molecule has 0 fully saturated rings. The number of methoxy groups -OCH3 is 3. The summed E-state index contributed by atoms with van der Waals surface area (Å²) in [6.45, 7) is 0.407. The fourth-order valence-electron chi connectivity index (χ4n) is 1.89. The van der Waals surface area contributed by atoms with Crippen LogP contribution in [0.2, 0.25) is 5.02 Å². The molecule has 1 aromatic heterocycles. The maximum Gasteiger partial charge on any atom is 0.225 e. The molecule has 1 aromatic carbocycles. The molecule has 0 amide bonds. The summed E-state index contributed by atoms with van der Waals surface area (Å²) < 4.78 is 15.7. The zero-order valence-corrected chi connectivity index (χ0v) is 12.8. The molecular weight excluding hydrogens is 294 g/mol. The summed E-state index contributed by atoms with van der Waals surface area (Å²) >= 11 is 6.00. The van der Waals surface area contributed by atoms with Gasteiger partial charge in [-0.1, -0.05) is 11.6 Å². The summed E-state index contributed by atoms with van der Waals surface area (Å²) in [7, 11) is 4.69. The standard InChI is InChI=1S/C14H16ClN3O3/c1-19-12-5-4-9(15)6-11(12)16-7-10-13(20-2)17-8-18-14(10)21-3/h4-6,8,16H,7H2,1-3H3. The lowest BCUT2D eigenvalue weighted by Gasteiger charge is -2.14. The Labute approximate surface area is 128 Å². The van der Waals surface area contributed by atoms with E-state index in [1.807, 2.05) is 0 Å². The van der Waals surface area contributed by atoms with Crippen molar-refractivity contribution in [1.82, 2.24) is 9.97 Å². The van der Waals surface area contributed by atoms with E-state index in [4.69, 9.17) is 25.8 Å². The molecule has 6 nitrogen and oxygen atoms in total. The second kappa shape index (κ2) is 6.99. The van der Waals surface area contributed by atoms with E-state index < -0.39 is 0 Å². The van der Waals surface area contributed by atoms with Gasteiger partial charge < -0.3 is 19.5 Å². The van der Waals surface area contributed by atoms with Crippen LogP contribution in [0.5, 0.6) is 17.5 Å². The van der Waals surface area contributed by atoms with Crippen LogP contribution in [0.1, 0.15) is 5.56 Å². The average Bonchev–Trinajstić information content (AvgIpc) is 2.52. The molecule has 0 atom stereocenters. The Morgan fingerprint density at radius 2 is 1.71 bits per heavy atom. The quantitative estimate of drug-likeness (QED) is 0.885. The van der Waals surface area contributed by atoms with Gasteiger partial charge in [-0.2, -0.15) is 0 Å². The smallest absolute Gasteiger partial charge is 0.225 e. The van der Waals surface area contributed by atoms with Gasteiger partial charge in [0.05, 0.1) is 39.1 Å². The first-order chi connectivity index (χ1) is 10.2. The van der Waals surface area contributed by atoms with Crippen molar-refractivity contribution in [2.45, 2.75) is 6.54 Å².